The maximum Gasteiger partial charge on any atom is 0.355 e. The van der Waals surface area contributed by atoms with Crippen molar-refractivity contribution in [1.29, 1.82) is 0 Å². The van der Waals surface area contributed by atoms with Crippen LogP contribution in [0.3, 0.4) is 0 Å². The fourth-order valence-electron chi connectivity index (χ4n) is 3.85. The van der Waals surface area contributed by atoms with E-state index in [2.05, 4.69) is 18.8 Å². The molecule has 1 aliphatic carbocycles. The topological polar surface area (TPSA) is 59.2 Å². The van der Waals surface area contributed by atoms with Crippen LogP contribution in [0, 0.1) is 12.8 Å². The number of nitrogens with one attached hydrogen (secondary N) is 1. The van der Waals surface area contributed by atoms with Crippen molar-refractivity contribution >= 4 is 23.4 Å². The Balaban J connectivity index is 1.83. The molecule has 0 bridgehead atoms. The van der Waals surface area contributed by atoms with Gasteiger partial charge in [-0.1, -0.05) is 56.5 Å². The largest absolute Gasteiger partial charge is 0.461 e. The fourth-order valence-corrected chi connectivity index (χ4v) is 4.14. The second-order valence-electron chi connectivity index (χ2n) is 7.31. The highest BCUT2D eigenvalue weighted by Gasteiger charge is 2.33. The number of esters is 1. The van der Waals surface area contributed by atoms with Gasteiger partial charge in [-0.15, -0.1) is 0 Å². The van der Waals surface area contributed by atoms with Crippen LogP contribution in [0.2, 0.25) is 5.02 Å². The summed E-state index contributed by atoms with van der Waals surface area (Å²) in [4.78, 5) is 28.5. The van der Waals surface area contributed by atoms with Crippen LogP contribution in [0.25, 0.3) is 0 Å². The molecule has 0 saturated heterocycles. The van der Waals surface area contributed by atoms with Gasteiger partial charge in [0.2, 0.25) is 0 Å². The lowest BCUT2D eigenvalue weighted by Crippen LogP contribution is -2.18. The van der Waals surface area contributed by atoms with Gasteiger partial charge in [-0.25, -0.2) is 4.79 Å². The number of H-pyrrole nitrogens is 1. The second-order valence-corrected chi connectivity index (χ2v) is 7.72. The fraction of sp³-hybridized carbons (Fsp3) is 0.455. The summed E-state index contributed by atoms with van der Waals surface area (Å²) < 4.78 is 5.49. The molecule has 1 aromatic heterocycles. The molecule has 1 N–H and O–H groups in total. The van der Waals surface area contributed by atoms with E-state index in [-0.39, 0.29) is 17.7 Å². The second kappa shape index (κ2) is 8.30. The van der Waals surface area contributed by atoms with Crippen LogP contribution in [0.4, 0.5) is 0 Å². The molecule has 144 valence electrons. The van der Waals surface area contributed by atoms with Crippen LogP contribution in [0.1, 0.15) is 76.7 Å². The van der Waals surface area contributed by atoms with E-state index in [1.807, 2.05) is 31.2 Å². The Morgan fingerprint density at radius 1 is 1.26 bits per heavy atom. The van der Waals surface area contributed by atoms with Crippen molar-refractivity contribution in [3.05, 3.63) is 57.4 Å². The Hall–Kier alpha value is -2.07. The summed E-state index contributed by atoms with van der Waals surface area (Å²) in [6, 6.07) is 7.62. The minimum Gasteiger partial charge on any atom is -0.461 e. The van der Waals surface area contributed by atoms with Gasteiger partial charge < -0.3 is 9.72 Å². The third-order valence-corrected chi connectivity index (χ3v) is 5.99. The Bertz CT molecular complexity index is 851. The van der Waals surface area contributed by atoms with E-state index in [0.29, 0.717) is 47.2 Å². The maximum absolute atomic E-state index is 12.8. The molecule has 1 heterocycles. The first-order chi connectivity index (χ1) is 13.0. The highest BCUT2D eigenvalue weighted by molar-refractivity contribution is 6.31. The Morgan fingerprint density at radius 3 is 2.63 bits per heavy atom. The average molecular weight is 388 g/mol. The summed E-state index contributed by atoms with van der Waals surface area (Å²) in [5.74, 6) is 0.0557. The highest BCUT2D eigenvalue weighted by atomic mass is 35.5. The van der Waals surface area contributed by atoms with E-state index in [0.717, 1.165) is 24.1 Å². The molecule has 1 aliphatic rings. The predicted octanol–water partition coefficient (Wildman–Crippen LogP) is 5.48. The van der Waals surface area contributed by atoms with E-state index < -0.39 is 0 Å². The van der Waals surface area contributed by atoms with E-state index in [9.17, 15) is 9.59 Å². The van der Waals surface area contributed by atoms with Gasteiger partial charge in [0.15, 0.2) is 5.78 Å². The van der Waals surface area contributed by atoms with Crippen LogP contribution >= 0.6 is 11.6 Å². The number of aromatic nitrogens is 1. The number of benzene rings is 1. The molecule has 1 aromatic carbocycles. The number of Topliss-reactive ketones (excluding diaryl/α,β-unsaturated/α-hetero) is 1. The predicted molar refractivity (Wildman–Crippen MR) is 107 cm³/mol. The van der Waals surface area contributed by atoms with Gasteiger partial charge in [0.05, 0.1) is 6.61 Å². The first kappa shape index (κ1) is 19.7. The van der Waals surface area contributed by atoms with E-state index in [1.165, 1.54) is 0 Å². The van der Waals surface area contributed by atoms with E-state index in [1.54, 1.807) is 0 Å². The first-order valence-electron chi connectivity index (χ1n) is 9.62. The molecule has 3 rings (SSSR count). The molecule has 2 aromatic rings. The Morgan fingerprint density at radius 2 is 1.96 bits per heavy atom. The molecule has 0 amide bonds. The Kier molecular flexibility index (Phi) is 6.05. The summed E-state index contributed by atoms with van der Waals surface area (Å²) in [7, 11) is 0. The molecule has 1 unspecified atom stereocenters. The highest BCUT2D eigenvalue weighted by Crippen LogP contribution is 2.37. The summed E-state index contributed by atoms with van der Waals surface area (Å²) in [6.45, 7) is 6.41. The molecule has 0 spiro atoms. The number of halogens is 1. The maximum atomic E-state index is 12.8. The molecular formula is C22H26ClNO3. The molecule has 1 atom stereocenters. The molecule has 27 heavy (non-hydrogen) atoms. The monoisotopic (exact) mass is 387 g/mol. The summed E-state index contributed by atoms with van der Waals surface area (Å²) >= 11 is 6.32. The molecular weight excluding hydrogens is 362 g/mol. The van der Waals surface area contributed by atoms with Crippen molar-refractivity contribution < 1.29 is 14.3 Å². The van der Waals surface area contributed by atoms with Crippen molar-refractivity contribution in [1.82, 2.24) is 4.98 Å². The lowest BCUT2D eigenvalue weighted by molar-refractivity contribution is 0.0426. The first-order valence-corrected chi connectivity index (χ1v) is 10.00. The minimum absolute atomic E-state index is 0.0187. The number of carbonyl (C=O) groups excluding carboxylic acids is 2. The van der Waals surface area contributed by atoms with Gasteiger partial charge >= 0.3 is 5.97 Å². The SMILES string of the molecule is CCC(CC)COC(=O)c1[nH]c2c(c1C)C(=O)CC(c1ccccc1Cl)C2. The van der Waals surface area contributed by atoms with E-state index >= 15 is 0 Å². The van der Waals surface area contributed by atoms with Crippen LogP contribution in [-0.4, -0.2) is 23.3 Å². The van der Waals surface area contributed by atoms with Crippen molar-refractivity contribution in [2.45, 2.75) is 52.4 Å². The normalized spacial score (nSPS) is 16.5. The third kappa shape index (κ3) is 3.96. The number of carbonyl (C=O) groups is 2. The molecule has 0 saturated carbocycles. The van der Waals surface area contributed by atoms with Crippen molar-refractivity contribution in [2.24, 2.45) is 5.92 Å². The zero-order valence-electron chi connectivity index (χ0n) is 16.1. The molecule has 0 aliphatic heterocycles. The lowest BCUT2D eigenvalue weighted by atomic mass is 9.81. The van der Waals surface area contributed by atoms with Crippen LogP contribution in [0.5, 0.6) is 0 Å². The standard InChI is InChI=1S/C22H26ClNO3/c1-4-14(5-2)12-27-22(26)21-13(3)20-18(24-21)10-15(11-19(20)25)16-8-6-7-9-17(16)23/h6-9,14-15,24H,4-5,10-12H2,1-3H3. The van der Waals surface area contributed by atoms with Gasteiger partial charge in [-0.2, -0.15) is 0 Å². The molecule has 0 fully saturated rings. The van der Waals surface area contributed by atoms with Crippen molar-refractivity contribution in [2.75, 3.05) is 6.61 Å². The average Bonchev–Trinajstić information content (AvgIpc) is 3.00. The quantitative estimate of drug-likeness (QED) is 0.667. The van der Waals surface area contributed by atoms with Gasteiger partial charge in [-0.05, 0) is 42.4 Å². The number of rotatable bonds is 6. The Labute approximate surface area is 165 Å². The smallest absolute Gasteiger partial charge is 0.355 e. The lowest BCUT2D eigenvalue weighted by Gasteiger charge is -2.22. The van der Waals surface area contributed by atoms with Crippen LogP contribution < -0.4 is 0 Å². The molecule has 4 nitrogen and oxygen atoms in total. The van der Waals surface area contributed by atoms with Crippen LogP contribution in [-0.2, 0) is 11.2 Å². The zero-order valence-corrected chi connectivity index (χ0v) is 16.9. The number of fused-ring (bicyclic) bond motifs is 1. The van der Waals surface area contributed by atoms with Crippen molar-refractivity contribution in [3.8, 4) is 0 Å². The van der Waals surface area contributed by atoms with Gasteiger partial charge in [-0.3, -0.25) is 4.79 Å². The van der Waals surface area contributed by atoms with Gasteiger partial charge in [0.25, 0.3) is 0 Å². The van der Waals surface area contributed by atoms with Crippen molar-refractivity contribution in [3.63, 3.8) is 0 Å². The number of ether oxygens (including phenoxy) is 1. The number of aromatic amines is 1. The van der Waals surface area contributed by atoms with Gasteiger partial charge in [0.1, 0.15) is 5.69 Å². The molecule has 0 radical (unpaired) electrons. The number of hydrogen-bond donors (Lipinski definition) is 1. The third-order valence-electron chi connectivity index (χ3n) is 5.64. The summed E-state index contributed by atoms with van der Waals surface area (Å²) in [6.07, 6.45) is 3.01. The van der Waals surface area contributed by atoms with Gasteiger partial charge in [0, 0.05) is 22.7 Å². The minimum atomic E-state index is -0.379. The molecule has 5 heteroatoms. The zero-order chi connectivity index (χ0) is 19.6. The number of ketones is 1. The number of hydrogen-bond acceptors (Lipinski definition) is 3. The van der Waals surface area contributed by atoms with E-state index in [4.69, 9.17) is 16.3 Å². The van der Waals surface area contributed by atoms with Crippen LogP contribution in [0.15, 0.2) is 24.3 Å². The summed E-state index contributed by atoms with van der Waals surface area (Å²) in [5.41, 5.74) is 3.53. The summed E-state index contributed by atoms with van der Waals surface area (Å²) in [5, 5.41) is 0.673.